The van der Waals surface area contributed by atoms with Gasteiger partial charge in [-0.05, 0) is 50.5 Å². The summed E-state index contributed by atoms with van der Waals surface area (Å²) in [5, 5.41) is 6.34. The summed E-state index contributed by atoms with van der Waals surface area (Å²) in [6.07, 6.45) is 0.826. The molecule has 1 rings (SSSR count). The lowest BCUT2D eigenvalue weighted by atomic mass is 10.1. The van der Waals surface area contributed by atoms with Crippen molar-refractivity contribution in [2.75, 3.05) is 19.6 Å². The third-order valence-corrected chi connectivity index (χ3v) is 2.64. The Kier molecular flexibility index (Phi) is 6.19. The summed E-state index contributed by atoms with van der Waals surface area (Å²) in [5.74, 6) is 0.653. The molecule has 0 atom stereocenters. The van der Waals surface area contributed by atoms with Crippen LogP contribution in [0.3, 0.4) is 0 Å². The van der Waals surface area contributed by atoms with Gasteiger partial charge in [0, 0.05) is 19.6 Å². The number of guanidine groups is 1. The lowest BCUT2D eigenvalue weighted by Gasteiger charge is -2.09. The monoisotopic (exact) mass is 251 g/mol. The van der Waals surface area contributed by atoms with Gasteiger partial charge in [0.05, 0.1) is 0 Å². The molecule has 0 bridgehead atoms. The molecule has 1 aromatic rings. The zero-order valence-electron chi connectivity index (χ0n) is 11.4. The molecule has 0 heterocycles. The van der Waals surface area contributed by atoms with Crippen LogP contribution in [0.4, 0.5) is 4.39 Å². The van der Waals surface area contributed by atoms with Crippen molar-refractivity contribution in [3.8, 4) is 0 Å². The molecule has 0 aliphatic carbocycles. The van der Waals surface area contributed by atoms with Crippen LogP contribution in [-0.4, -0.2) is 25.6 Å². The third-order valence-electron chi connectivity index (χ3n) is 2.64. The van der Waals surface area contributed by atoms with Crippen LogP contribution in [0, 0.1) is 12.7 Å². The fourth-order valence-electron chi connectivity index (χ4n) is 1.74. The Morgan fingerprint density at radius 1 is 1.22 bits per heavy atom. The number of hydrogen-bond acceptors (Lipinski definition) is 1. The summed E-state index contributed by atoms with van der Waals surface area (Å²) >= 11 is 0. The number of aliphatic imine (C=N–C) groups is 1. The molecule has 0 amide bonds. The van der Waals surface area contributed by atoms with Crippen LogP contribution < -0.4 is 10.6 Å². The largest absolute Gasteiger partial charge is 0.357 e. The van der Waals surface area contributed by atoms with Gasteiger partial charge in [0.15, 0.2) is 5.96 Å². The third kappa shape index (κ3) is 4.73. The van der Waals surface area contributed by atoms with E-state index in [1.165, 1.54) is 6.07 Å². The Morgan fingerprint density at radius 2 is 1.89 bits per heavy atom. The minimum Gasteiger partial charge on any atom is -0.357 e. The van der Waals surface area contributed by atoms with Gasteiger partial charge < -0.3 is 10.6 Å². The molecular formula is C14H22FN3. The van der Waals surface area contributed by atoms with Crippen LogP contribution in [0.1, 0.15) is 25.0 Å². The first kappa shape index (κ1) is 14.5. The quantitative estimate of drug-likeness (QED) is 0.622. The number of benzene rings is 1. The fourth-order valence-corrected chi connectivity index (χ4v) is 1.74. The van der Waals surface area contributed by atoms with Crippen molar-refractivity contribution in [2.24, 2.45) is 4.99 Å². The average Bonchev–Trinajstić information content (AvgIpc) is 2.32. The molecule has 0 fully saturated rings. The summed E-state index contributed by atoms with van der Waals surface area (Å²) in [7, 11) is 0. The fraction of sp³-hybridized carbons (Fsp3) is 0.500. The molecule has 4 heteroatoms. The van der Waals surface area contributed by atoms with Crippen molar-refractivity contribution < 1.29 is 4.39 Å². The highest BCUT2D eigenvalue weighted by Gasteiger charge is 2.00. The van der Waals surface area contributed by atoms with Crippen molar-refractivity contribution in [2.45, 2.75) is 27.2 Å². The standard InChI is InChI=1S/C14H22FN3/c1-4-16-14(17-5-2)18-9-8-12-6-7-13(15)10-11(12)3/h6-7,10H,4-5,8-9H2,1-3H3,(H2,16,17,18). The van der Waals surface area contributed by atoms with Crippen molar-refractivity contribution in [3.63, 3.8) is 0 Å². The molecule has 2 N–H and O–H groups in total. The Labute approximate surface area is 109 Å². The zero-order valence-corrected chi connectivity index (χ0v) is 11.4. The Balaban J connectivity index is 2.55. The van der Waals surface area contributed by atoms with E-state index < -0.39 is 0 Å². The van der Waals surface area contributed by atoms with Gasteiger partial charge >= 0.3 is 0 Å². The van der Waals surface area contributed by atoms with Crippen LogP contribution >= 0.6 is 0 Å². The van der Waals surface area contributed by atoms with Gasteiger partial charge in [0.1, 0.15) is 5.82 Å². The van der Waals surface area contributed by atoms with E-state index in [2.05, 4.69) is 15.6 Å². The van der Waals surface area contributed by atoms with Gasteiger partial charge in [0.2, 0.25) is 0 Å². The maximum atomic E-state index is 13.0. The maximum absolute atomic E-state index is 13.0. The number of nitrogens with zero attached hydrogens (tertiary/aromatic N) is 1. The van der Waals surface area contributed by atoms with Crippen molar-refractivity contribution in [1.29, 1.82) is 0 Å². The van der Waals surface area contributed by atoms with E-state index >= 15 is 0 Å². The molecule has 0 spiro atoms. The van der Waals surface area contributed by atoms with Crippen LogP contribution in [0.5, 0.6) is 0 Å². The van der Waals surface area contributed by atoms with Gasteiger partial charge in [-0.15, -0.1) is 0 Å². The van der Waals surface area contributed by atoms with E-state index in [4.69, 9.17) is 0 Å². The molecule has 0 aliphatic rings. The summed E-state index contributed by atoms with van der Waals surface area (Å²) in [4.78, 5) is 4.46. The lowest BCUT2D eigenvalue weighted by molar-refractivity contribution is 0.625. The van der Waals surface area contributed by atoms with E-state index in [0.29, 0.717) is 6.54 Å². The maximum Gasteiger partial charge on any atom is 0.191 e. The second kappa shape index (κ2) is 7.69. The smallest absolute Gasteiger partial charge is 0.191 e. The summed E-state index contributed by atoms with van der Waals surface area (Å²) in [6, 6.07) is 4.90. The highest BCUT2D eigenvalue weighted by atomic mass is 19.1. The Morgan fingerprint density at radius 3 is 2.44 bits per heavy atom. The van der Waals surface area contributed by atoms with Gasteiger partial charge in [-0.3, -0.25) is 4.99 Å². The summed E-state index contributed by atoms with van der Waals surface area (Å²) in [5.41, 5.74) is 2.13. The number of hydrogen-bond donors (Lipinski definition) is 2. The zero-order chi connectivity index (χ0) is 13.4. The van der Waals surface area contributed by atoms with Crippen molar-refractivity contribution in [1.82, 2.24) is 10.6 Å². The molecule has 0 saturated heterocycles. The topological polar surface area (TPSA) is 36.4 Å². The van der Waals surface area contributed by atoms with Crippen LogP contribution in [0.15, 0.2) is 23.2 Å². The van der Waals surface area contributed by atoms with Crippen LogP contribution in [0.2, 0.25) is 0 Å². The van der Waals surface area contributed by atoms with Gasteiger partial charge in [-0.1, -0.05) is 6.07 Å². The number of nitrogens with one attached hydrogen (secondary N) is 2. The molecule has 0 aromatic heterocycles. The van der Waals surface area contributed by atoms with Crippen LogP contribution in [-0.2, 0) is 6.42 Å². The highest BCUT2D eigenvalue weighted by molar-refractivity contribution is 5.79. The average molecular weight is 251 g/mol. The first-order valence-corrected chi connectivity index (χ1v) is 6.44. The molecule has 1 aromatic carbocycles. The predicted octanol–water partition coefficient (Wildman–Crippen LogP) is 2.25. The molecule has 0 aliphatic heterocycles. The lowest BCUT2D eigenvalue weighted by Crippen LogP contribution is -2.37. The highest BCUT2D eigenvalue weighted by Crippen LogP contribution is 2.10. The van der Waals surface area contributed by atoms with Crippen molar-refractivity contribution in [3.05, 3.63) is 35.1 Å². The van der Waals surface area contributed by atoms with Crippen LogP contribution in [0.25, 0.3) is 0 Å². The van der Waals surface area contributed by atoms with E-state index in [9.17, 15) is 4.39 Å². The molecule has 0 radical (unpaired) electrons. The molecule has 18 heavy (non-hydrogen) atoms. The number of halogens is 1. The molecule has 0 unspecified atom stereocenters. The summed E-state index contributed by atoms with van der Waals surface area (Å²) < 4.78 is 13.0. The number of rotatable bonds is 5. The van der Waals surface area contributed by atoms with Gasteiger partial charge in [-0.2, -0.15) is 0 Å². The predicted molar refractivity (Wildman–Crippen MR) is 74.5 cm³/mol. The first-order chi connectivity index (χ1) is 8.67. The molecular weight excluding hydrogens is 229 g/mol. The van der Waals surface area contributed by atoms with E-state index in [-0.39, 0.29) is 5.82 Å². The number of aryl methyl sites for hydroxylation is 1. The molecule has 3 nitrogen and oxygen atoms in total. The van der Waals surface area contributed by atoms with Crippen molar-refractivity contribution >= 4 is 5.96 Å². The van der Waals surface area contributed by atoms with Gasteiger partial charge in [-0.25, -0.2) is 4.39 Å². The summed E-state index contributed by atoms with van der Waals surface area (Å²) in [6.45, 7) is 8.40. The Bertz CT molecular complexity index is 394. The second-order valence-corrected chi connectivity index (χ2v) is 4.11. The van der Waals surface area contributed by atoms with E-state index in [0.717, 1.165) is 36.6 Å². The minimum atomic E-state index is -0.180. The van der Waals surface area contributed by atoms with E-state index in [1.807, 2.05) is 26.8 Å². The molecule has 100 valence electrons. The SMILES string of the molecule is CCNC(=NCCc1ccc(F)cc1C)NCC. The first-order valence-electron chi connectivity index (χ1n) is 6.44. The Hall–Kier alpha value is -1.58. The van der Waals surface area contributed by atoms with E-state index in [1.54, 1.807) is 6.07 Å². The normalized spacial score (nSPS) is 10.0. The minimum absolute atomic E-state index is 0.180. The molecule has 0 saturated carbocycles. The second-order valence-electron chi connectivity index (χ2n) is 4.11. The van der Waals surface area contributed by atoms with Gasteiger partial charge in [0.25, 0.3) is 0 Å².